The first kappa shape index (κ1) is 19.3. The van der Waals surface area contributed by atoms with Gasteiger partial charge in [-0.1, -0.05) is 48.5 Å². The van der Waals surface area contributed by atoms with E-state index in [-0.39, 0.29) is 12.2 Å². The third kappa shape index (κ3) is 2.68. The zero-order chi connectivity index (χ0) is 20.8. The molecule has 2 aromatic rings. The number of halogens is 1. The van der Waals surface area contributed by atoms with Gasteiger partial charge in [-0.15, -0.1) is 0 Å². The molecule has 0 aromatic heterocycles. The minimum absolute atomic E-state index is 0.106. The molecule has 7 heteroatoms. The van der Waals surface area contributed by atoms with E-state index in [1.165, 1.54) is 13.1 Å². The molecule has 2 fully saturated rings. The Kier molecular flexibility index (Phi) is 4.70. The van der Waals surface area contributed by atoms with Gasteiger partial charge in [-0.3, -0.25) is 19.8 Å². The summed E-state index contributed by atoms with van der Waals surface area (Å²) in [5.41, 5.74) is -0.850. The third-order valence-corrected chi connectivity index (χ3v) is 5.85. The van der Waals surface area contributed by atoms with Gasteiger partial charge in [0.25, 0.3) is 0 Å². The maximum atomic E-state index is 14.7. The van der Waals surface area contributed by atoms with Crippen molar-refractivity contribution in [1.82, 2.24) is 10.2 Å². The maximum absolute atomic E-state index is 14.7. The summed E-state index contributed by atoms with van der Waals surface area (Å²) in [5, 5.41) is 3.16. The lowest BCUT2D eigenvalue weighted by atomic mass is 9.75. The summed E-state index contributed by atoms with van der Waals surface area (Å²) in [6, 6.07) is 13.9. The molecule has 2 heterocycles. The van der Waals surface area contributed by atoms with Gasteiger partial charge in [-0.25, -0.2) is 9.18 Å². The van der Waals surface area contributed by atoms with E-state index in [0.29, 0.717) is 5.56 Å². The smallest absolute Gasteiger partial charge is 0.331 e. The third-order valence-electron chi connectivity index (χ3n) is 5.85. The van der Waals surface area contributed by atoms with Crippen LogP contribution in [0.5, 0.6) is 0 Å². The number of carbonyl (C=O) groups excluding carboxylic acids is 3. The molecule has 2 amide bonds. The van der Waals surface area contributed by atoms with Gasteiger partial charge < -0.3 is 4.74 Å². The van der Waals surface area contributed by atoms with Gasteiger partial charge in [-0.05, 0) is 18.6 Å². The lowest BCUT2D eigenvalue weighted by Crippen LogP contribution is -2.53. The Bertz CT molecular complexity index is 980. The Morgan fingerprint density at radius 2 is 1.76 bits per heavy atom. The summed E-state index contributed by atoms with van der Waals surface area (Å²) < 4.78 is 20.0. The standard InChI is InChI=1S/C22H21FN2O4/c1-3-29-21(28)22(13-9-5-4-6-10-13)17-16(19(26)25(2)20(17)27)18(24-22)14-11-7-8-12-15(14)23/h4-12,16-18,24H,3H2,1-2H3/t16-,17-,18-,22-/m1/s1. The molecule has 0 bridgehead atoms. The molecule has 150 valence electrons. The Labute approximate surface area is 167 Å². The Morgan fingerprint density at radius 1 is 1.10 bits per heavy atom. The van der Waals surface area contributed by atoms with Gasteiger partial charge in [0.05, 0.1) is 18.4 Å². The van der Waals surface area contributed by atoms with E-state index in [9.17, 15) is 18.8 Å². The van der Waals surface area contributed by atoms with E-state index in [1.54, 1.807) is 55.5 Å². The molecule has 4 atom stereocenters. The first-order valence-corrected chi connectivity index (χ1v) is 9.49. The number of hydrogen-bond donors (Lipinski definition) is 1. The highest BCUT2D eigenvalue weighted by Crippen LogP contribution is 2.53. The van der Waals surface area contributed by atoms with Gasteiger partial charge in [0.15, 0.2) is 5.54 Å². The summed E-state index contributed by atoms with van der Waals surface area (Å²) in [7, 11) is 1.39. The second kappa shape index (κ2) is 7.08. The highest BCUT2D eigenvalue weighted by molar-refractivity contribution is 6.09. The van der Waals surface area contributed by atoms with Crippen LogP contribution in [0.4, 0.5) is 4.39 Å². The van der Waals surface area contributed by atoms with Crippen LogP contribution in [-0.2, 0) is 24.7 Å². The number of nitrogens with zero attached hydrogens (tertiary/aromatic N) is 1. The Balaban J connectivity index is 1.96. The van der Waals surface area contributed by atoms with Crippen LogP contribution in [0.3, 0.4) is 0 Å². The molecule has 0 unspecified atom stereocenters. The first-order chi connectivity index (χ1) is 13.9. The number of hydrogen-bond acceptors (Lipinski definition) is 5. The van der Waals surface area contributed by atoms with Gasteiger partial charge in [0, 0.05) is 18.7 Å². The topological polar surface area (TPSA) is 75.7 Å². The van der Waals surface area contributed by atoms with Crippen molar-refractivity contribution in [1.29, 1.82) is 0 Å². The Morgan fingerprint density at radius 3 is 2.41 bits per heavy atom. The fourth-order valence-electron chi connectivity index (χ4n) is 4.56. The van der Waals surface area contributed by atoms with E-state index in [1.807, 2.05) is 0 Å². The molecule has 2 saturated heterocycles. The monoisotopic (exact) mass is 396 g/mol. The van der Waals surface area contributed by atoms with Gasteiger partial charge >= 0.3 is 5.97 Å². The number of amides is 2. The van der Waals surface area contributed by atoms with Crippen LogP contribution in [-0.4, -0.2) is 36.3 Å². The minimum atomic E-state index is -1.59. The van der Waals surface area contributed by atoms with Gasteiger partial charge in [0.1, 0.15) is 5.82 Å². The SMILES string of the molecule is CCOC(=O)[C@]1(c2ccccc2)N[C@H](c2ccccc2F)[C@@H]2C(=O)N(C)C(=O)[C@@H]21. The second-order valence-corrected chi connectivity index (χ2v) is 7.28. The molecule has 29 heavy (non-hydrogen) atoms. The van der Waals surface area contributed by atoms with Crippen LogP contribution in [0, 0.1) is 17.7 Å². The van der Waals surface area contributed by atoms with Crippen LogP contribution >= 0.6 is 0 Å². The predicted molar refractivity (Wildman–Crippen MR) is 102 cm³/mol. The number of carbonyl (C=O) groups is 3. The second-order valence-electron chi connectivity index (χ2n) is 7.28. The van der Waals surface area contributed by atoms with Crippen molar-refractivity contribution in [2.75, 3.05) is 13.7 Å². The quantitative estimate of drug-likeness (QED) is 0.633. The van der Waals surface area contributed by atoms with Crippen LogP contribution in [0.15, 0.2) is 54.6 Å². The van der Waals surface area contributed by atoms with Gasteiger partial charge in [-0.2, -0.15) is 0 Å². The van der Waals surface area contributed by atoms with Crippen LogP contribution < -0.4 is 5.32 Å². The van der Waals surface area contributed by atoms with Crippen LogP contribution in [0.2, 0.25) is 0 Å². The molecule has 1 N–H and O–H groups in total. The lowest BCUT2D eigenvalue weighted by molar-refractivity contribution is -0.156. The number of benzene rings is 2. The molecule has 4 rings (SSSR count). The van der Waals surface area contributed by atoms with Gasteiger partial charge in [0.2, 0.25) is 11.8 Å². The largest absolute Gasteiger partial charge is 0.464 e. The van der Waals surface area contributed by atoms with Crippen molar-refractivity contribution in [3.8, 4) is 0 Å². The van der Waals surface area contributed by atoms with Crippen LogP contribution in [0.1, 0.15) is 24.1 Å². The van der Waals surface area contributed by atoms with Crippen molar-refractivity contribution >= 4 is 17.8 Å². The summed E-state index contributed by atoms with van der Waals surface area (Å²) in [4.78, 5) is 40.4. The highest BCUT2D eigenvalue weighted by atomic mass is 19.1. The molecular weight excluding hydrogens is 375 g/mol. The molecule has 0 saturated carbocycles. The molecule has 6 nitrogen and oxygen atoms in total. The molecule has 0 spiro atoms. The summed E-state index contributed by atoms with van der Waals surface area (Å²) in [6.45, 7) is 1.78. The Hall–Kier alpha value is -3.06. The fourth-order valence-corrected chi connectivity index (χ4v) is 4.56. The number of ether oxygens (including phenoxy) is 1. The van der Waals surface area contributed by atoms with Crippen molar-refractivity contribution in [3.05, 3.63) is 71.5 Å². The predicted octanol–water partition coefficient (Wildman–Crippen LogP) is 2.16. The lowest BCUT2D eigenvalue weighted by Gasteiger charge is -2.33. The first-order valence-electron chi connectivity index (χ1n) is 9.49. The number of rotatable bonds is 4. The molecule has 2 aromatic carbocycles. The van der Waals surface area contributed by atoms with Crippen molar-refractivity contribution in [2.24, 2.45) is 11.8 Å². The zero-order valence-corrected chi connectivity index (χ0v) is 16.1. The zero-order valence-electron chi connectivity index (χ0n) is 16.1. The summed E-state index contributed by atoms with van der Waals surface area (Å²) >= 11 is 0. The van der Waals surface area contributed by atoms with E-state index in [0.717, 1.165) is 4.90 Å². The fraction of sp³-hybridized carbons (Fsp3) is 0.318. The van der Waals surface area contributed by atoms with Crippen LogP contribution in [0.25, 0.3) is 0 Å². The van der Waals surface area contributed by atoms with Crippen molar-refractivity contribution in [3.63, 3.8) is 0 Å². The number of likely N-dealkylation sites (tertiary alicyclic amines) is 1. The molecule has 0 radical (unpaired) electrons. The normalized spacial score (nSPS) is 28.5. The highest BCUT2D eigenvalue weighted by Gasteiger charge is 2.69. The number of fused-ring (bicyclic) bond motifs is 1. The minimum Gasteiger partial charge on any atom is -0.464 e. The van der Waals surface area contributed by atoms with E-state index >= 15 is 0 Å². The van der Waals surface area contributed by atoms with E-state index < -0.39 is 47.0 Å². The van der Waals surface area contributed by atoms with Crippen molar-refractivity contribution < 1.29 is 23.5 Å². The van der Waals surface area contributed by atoms with E-state index in [4.69, 9.17) is 4.74 Å². The number of imide groups is 1. The van der Waals surface area contributed by atoms with Crippen molar-refractivity contribution in [2.45, 2.75) is 18.5 Å². The summed E-state index contributed by atoms with van der Waals surface area (Å²) in [6.07, 6.45) is 0. The molecule has 2 aliphatic rings. The summed E-state index contributed by atoms with van der Waals surface area (Å²) in [5.74, 6) is -4.05. The molecule has 0 aliphatic carbocycles. The number of nitrogens with one attached hydrogen (secondary N) is 1. The average Bonchev–Trinajstić information content (AvgIpc) is 3.20. The van der Waals surface area contributed by atoms with E-state index in [2.05, 4.69) is 5.32 Å². The number of esters is 1. The average molecular weight is 396 g/mol. The molecular formula is C22H21FN2O4. The maximum Gasteiger partial charge on any atom is 0.331 e. The molecule has 2 aliphatic heterocycles.